The summed E-state index contributed by atoms with van der Waals surface area (Å²) in [7, 11) is -4.09. The minimum atomic E-state index is -4.09. The van der Waals surface area contributed by atoms with Crippen LogP contribution in [0.4, 0.5) is 5.69 Å². The van der Waals surface area contributed by atoms with Crippen LogP contribution in [0.15, 0.2) is 83.8 Å². The Morgan fingerprint density at radius 2 is 1.56 bits per heavy atom. The molecule has 0 radical (unpaired) electrons. The first-order chi connectivity index (χ1) is 19.7. The molecule has 7 nitrogen and oxygen atoms in total. The molecule has 1 atom stereocenters. The molecule has 0 aromatic heterocycles. The third-order valence-corrected chi connectivity index (χ3v) is 9.62. The molecule has 1 saturated carbocycles. The van der Waals surface area contributed by atoms with E-state index in [0.717, 1.165) is 42.0 Å². The Labute approximate surface area is 248 Å². The Hall–Kier alpha value is -3.36. The molecule has 1 N–H and O–H groups in total. The van der Waals surface area contributed by atoms with Gasteiger partial charge in [-0.15, -0.1) is 0 Å². The summed E-state index contributed by atoms with van der Waals surface area (Å²) < 4.78 is 29.0. The van der Waals surface area contributed by atoms with Crippen LogP contribution in [0.5, 0.6) is 0 Å². The van der Waals surface area contributed by atoms with Crippen molar-refractivity contribution in [2.75, 3.05) is 10.8 Å². The first-order valence-corrected chi connectivity index (χ1v) is 16.0. The van der Waals surface area contributed by atoms with Gasteiger partial charge < -0.3 is 10.2 Å². The number of aryl methyl sites for hydroxylation is 1. The molecular weight excluding hydrogens is 558 g/mol. The highest BCUT2D eigenvalue weighted by atomic mass is 35.5. The van der Waals surface area contributed by atoms with E-state index in [2.05, 4.69) is 5.32 Å². The van der Waals surface area contributed by atoms with Crippen LogP contribution >= 0.6 is 11.6 Å². The molecule has 218 valence electrons. The topological polar surface area (TPSA) is 86.8 Å². The van der Waals surface area contributed by atoms with Crippen LogP contribution in [0, 0.1) is 6.92 Å². The number of carbonyl (C=O) groups is 2. The summed E-state index contributed by atoms with van der Waals surface area (Å²) in [5.41, 5.74) is 1.92. The van der Waals surface area contributed by atoms with Gasteiger partial charge in [0, 0.05) is 17.6 Å². The van der Waals surface area contributed by atoms with Crippen LogP contribution in [0.25, 0.3) is 0 Å². The molecule has 4 rings (SSSR count). The fourth-order valence-electron chi connectivity index (χ4n) is 5.33. The molecule has 41 heavy (non-hydrogen) atoms. The van der Waals surface area contributed by atoms with Gasteiger partial charge in [-0.2, -0.15) is 0 Å². The van der Waals surface area contributed by atoms with Crippen molar-refractivity contribution in [3.05, 3.63) is 95.0 Å². The summed E-state index contributed by atoms with van der Waals surface area (Å²) in [4.78, 5) is 29.4. The van der Waals surface area contributed by atoms with Gasteiger partial charge in [0.1, 0.15) is 12.6 Å². The monoisotopic (exact) mass is 595 g/mol. The fraction of sp³-hybridized carbons (Fsp3) is 0.375. The summed E-state index contributed by atoms with van der Waals surface area (Å²) in [6.07, 6.45) is 5.52. The molecule has 9 heteroatoms. The van der Waals surface area contributed by atoms with E-state index >= 15 is 0 Å². The Bertz CT molecular complexity index is 1420. The van der Waals surface area contributed by atoms with Crippen molar-refractivity contribution in [2.45, 2.75) is 75.9 Å². The summed E-state index contributed by atoms with van der Waals surface area (Å²) >= 11 is 6.10. The first-order valence-electron chi connectivity index (χ1n) is 14.2. The van der Waals surface area contributed by atoms with Crippen LogP contribution in [-0.4, -0.2) is 43.8 Å². The van der Waals surface area contributed by atoms with Crippen molar-refractivity contribution in [3.8, 4) is 0 Å². The number of nitrogens with zero attached hydrogens (tertiary/aromatic N) is 2. The zero-order valence-corrected chi connectivity index (χ0v) is 25.2. The van der Waals surface area contributed by atoms with Crippen molar-refractivity contribution in [1.82, 2.24) is 10.2 Å². The Kier molecular flexibility index (Phi) is 10.5. The largest absolute Gasteiger partial charge is 0.352 e. The standard InChI is InChI=1S/C32H38ClN3O4S/c1-3-29(32(38)34-27-13-6-4-7-14-27)35(22-25-18-20-26(33)21-19-25)31(37)23-36(30-17-11-10-12-24(30)2)41(39,40)28-15-8-5-9-16-28/h5,8-12,15-21,27,29H,3-4,6-7,13-14,22-23H2,1-2H3,(H,34,38)/t29-/m1/s1. The number of sulfonamides is 1. The molecule has 3 aromatic carbocycles. The van der Waals surface area contributed by atoms with E-state index in [4.69, 9.17) is 11.6 Å². The van der Waals surface area contributed by atoms with Gasteiger partial charge in [-0.05, 0) is 67.6 Å². The predicted octanol–water partition coefficient (Wildman–Crippen LogP) is 6.10. The zero-order chi connectivity index (χ0) is 29.4. The lowest BCUT2D eigenvalue weighted by Crippen LogP contribution is -2.54. The van der Waals surface area contributed by atoms with E-state index in [1.54, 1.807) is 42.5 Å². The lowest BCUT2D eigenvalue weighted by molar-refractivity contribution is -0.140. The number of hydrogen-bond donors (Lipinski definition) is 1. The van der Waals surface area contributed by atoms with E-state index in [-0.39, 0.29) is 23.4 Å². The molecule has 0 bridgehead atoms. The molecule has 3 aromatic rings. The molecule has 1 aliphatic rings. The number of hydrogen-bond acceptors (Lipinski definition) is 4. The van der Waals surface area contributed by atoms with Crippen LogP contribution < -0.4 is 9.62 Å². The summed E-state index contributed by atoms with van der Waals surface area (Å²) in [5, 5.41) is 3.73. The second-order valence-corrected chi connectivity index (χ2v) is 12.8. The molecule has 1 fully saturated rings. The van der Waals surface area contributed by atoms with Gasteiger partial charge in [0.2, 0.25) is 11.8 Å². The fourth-order valence-corrected chi connectivity index (χ4v) is 6.95. The van der Waals surface area contributed by atoms with Gasteiger partial charge in [0.25, 0.3) is 10.0 Å². The van der Waals surface area contributed by atoms with E-state index in [0.29, 0.717) is 22.7 Å². The van der Waals surface area contributed by atoms with Gasteiger partial charge in [-0.25, -0.2) is 8.42 Å². The molecule has 0 heterocycles. The van der Waals surface area contributed by atoms with Crippen LogP contribution in [0.1, 0.15) is 56.6 Å². The molecule has 0 aliphatic heterocycles. The van der Waals surface area contributed by atoms with Crippen molar-refractivity contribution in [3.63, 3.8) is 0 Å². The maximum Gasteiger partial charge on any atom is 0.264 e. The van der Waals surface area contributed by atoms with Gasteiger partial charge in [-0.3, -0.25) is 13.9 Å². The molecule has 0 spiro atoms. The average Bonchev–Trinajstić information content (AvgIpc) is 2.98. The van der Waals surface area contributed by atoms with Crippen molar-refractivity contribution in [2.24, 2.45) is 0 Å². The van der Waals surface area contributed by atoms with Gasteiger partial charge in [0.15, 0.2) is 0 Å². The SMILES string of the molecule is CC[C@H](C(=O)NC1CCCCC1)N(Cc1ccc(Cl)cc1)C(=O)CN(c1ccccc1C)S(=O)(=O)c1ccccc1. The second-order valence-electron chi connectivity index (χ2n) is 10.5. The van der Waals surface area contributed by atoms with E-state index in [1.165, 1.54) is 17.0 Å². The Morgan fingerprint density at radius 3 is 2.20 bits per heavy atom. The molecular formula is C32H38ClN3O4S. The van der Waals surface area contributed by atoms with Crippen molar-refractivity contribution >= 4 is 39.1 Å². The van der Waals surface area contributed by atoms with Crippen molar-refractivity contribution in [1.29, 1.82) is 0 Å². The van der Waals surface area contributed by atoms with E-state index in [9.17, 15) is 18.0 Å². The second kappa shape index (κ2) is 14.0. The number of benzene rings is 3. The number of para-hydroxylation sites is 1. The number of halogens is 1. The van der Waals surface area contributed by atoms with E-state index < -0.39 is 28.5 Å². The van der Waals surface area contributed by atoms with Crippen LogP contribution in [0.3, 0.4) is 0 Å². The van der Waals surface area contributed by atoms with Gasteiger partial charge in [0.05, 0.1) is 10.6 Å². The maximum absolute atomic E-state index is 14.2. The van der Waals surface area contributed by atoms with Gasteiger partial charge in [-0.1, -0.05) is 86.3 Å². The lowest BCUT2D eigenvalue weighted by atomic mass is 9.95. The Morgan fingerprint density at radius 1 is 0.927 bits per heavy atom. The van der Waals surface area contributed by atoms with Gasteiger partial charge >= 0.3 is 0 Å². The smallest absolute Gasteiger partial charge is 0.264 e. The lowest BCUT2D eigenvalue weighted by Gasteiger charge is -2.34. The predicted molar refractivity (Wildman–Crippen MR) is 163 cm³/mol. The maximum atomic E-state index is 14.2. The van der Waals surface area contributed by atoms with Crippen LogP contribution in [0.2, 0.25) is 5.02 Å². The zero-order valence-electron chi connectivity index (χ0n) is 23.6. The number of rotatable bonds is 11. The highest BCUT2D eigenvalue weighted by Gasteiger charge is 2.34. The van der Waals surface area contributed by atoms with Crippen molar-refractivity contribution < 1.29 is 18.0 Å². The average molecular weight is 596 g/mol. The molecule has 0 unspecified atom stereocenters. The third kappa shape index (κ3) is 7.68. The Balaban J connectivity index is 1.70. The van der Waals surface area contributed by atoms with E-state index in [1.807, 2.05) is 38.1 Å². The normalized spacial score (nSPS) is 14.7. The molecule has 0 saturated heterocycles. The molecule has 2 amide bonds. The highest BCUT2D eigenvalue weighted by molar-refractivity contribution is 7.92. The number of amides is 2. The number of carbonyl (C=O) groups excluding carboxylic acids is 2. The van der Waals surface area contributed by atoms with Crippen LogP contribution in [-0.2, 0) is 26.2 Å². The third-order valence-electron chi connectivity index (χ3n) is 7.60. The quantitative estimate of drug-likeness (QED) is 0.290. The minimum absolute atomic E-state index is 0.0831. The number of nitrogens with one attached hydrogen (secondary N) is 1. The number of anilines is 1. The first kappa shape index (κ1) is 30.6. The summed E-state index contributed by atoms with van der Waals surface area (Å²) in [6, 6.07) is 21.6. The summed E-state index contributed by atoms with van der Waals surface area (Å²) in [5.74, 6) is -0.677. The summed E-state index contributed by atoms with van der Waals surface area (Å²) in [6.45, 7) is 3.36. The molecule has 1 aliphatic carbocycles. The highest BCUT2D eigenvalue weighted by Crippen LogP contribution is 2.28. The minimum Gasteiger partial charge on any atom is -0.352 e.